The Bertz CT molecular complexity index is 1270. The third kappa shape index (κ3) is 5.76. The number of hydrogen-bond donors (Lipinski definition) is 0. The number of thioether (sulfide) groups is 1. The number of para-hydroxylation sites is 2. The number of carbonyl (C=O) groups is 1. The molecule has 2 aliphatic rings. The lowest BCUT2D eigenvalue weighted by Gasteiger charge is -2.35. The van der Waals surface area contributed by atoms with E-state index >= 15 is 0 Å². The Hall–Kier alpha value is -2.83. The number of aliphatic imine (C=N–C) groups is 1. The van der Waals surface area contributed by atoms with E-state index in [4.69, 9.17) is 9.73 Å². The van der Waals surface area contributed by atoms with Crippen molar-refractivity contribution >= 4 is 50.5 Å². The minimum atomic E-state index is 0.0381. The number of halogens is 1. The average molecular weight is 562 g/mol. The van der Waals surface area contributed by atoms with E-state index in [9.17, 15) is 4.79 Å². The molecule has 36 heavy (non-hydrogen) atoms. The summed E-state index contributed by atoms with van der Waals surface area (Å²) in [5, 5.41) is 0.768. The molecule has 1 aliphatic carbocycles. The molecule has 0 spiro atoms. The Morgan fingerprint density at radius 2 is 1.72 bits per heavy atom. The predicted molar refractivity (Wildman–Crippen MR) is 152 cm³/mol. The van der Waals surface area contributed by atoms with Crippen LogP contribution in [0.5, 0.6) is 5.75 Å². The van der Waals surface area contributed by atoms with Crippen molar-refractivity contribution in [1.29, 1.82) is 0 Å². The first-order chi connectivity index (χ1) is 17.6. The molecule has 1 saturated carbocycles. The minimum absolute atomic E-state index is 0.0381. The first-order valence-electron chi connectivity index (χ1n) is 12.4. The van der Waals surface area contributed by atoms with Gasteiger partial charge in [-0.15, -0.1) is 0 Å². The van der Waals surface area contributed by atoms with Gasteiger partial charge in [0.1, 0.15) is 12.4 Å². The highest BCUT2D eigenvalue weighted by molar-refractivity contribution is 9.10. The summed E-state index contributed by atoms with van der Waals surface area (Å²) in [7, 11) is 0. The van der Waals surface area contributed by atoms with Crippen molar-refractivity contribution in [2.75, 3.05) is 0 Å². The van der Waals surface area contributed by atoms with Gasteiger partial charge in [-0.2, -0.15) is 0 Å². The third-order valence-electron chi connectivity index (χ3n) is 6.73. The van der Waals surface area contributed by atoms with Crippen molar-refractivity contribution in [1.82, 2.24) is 4.90 Å². The summed E-state index contributed by atoms with van der Waals surface area (Å²) in [5.74, 6) is 1.24. The molecule has 4 nitrogen and oxygen atoms in total. The van der Waals surface area contributed by atoms with Crippen LogP contribution >= 0.6 is 27.7 Å². The van der Waals surface area contributed by atoms with E-state index in [1.165, 1.54) is 18.2 Å². The van der Waals surface area contributed by atoms with Gasteiger partial charge < -0.3 is 4.74 Å². The van der Waals surface area contributed by atoms with Gasteiger partial charge in [0, 0.05) is 16.1 Å². The van der Waals surface area contributed by atoms with Gasteiger partial charge in [0.2, 0.25) is 0 Å². The standard InChI is InChI=1S/C30H29BrN2O2S/c1-21-9-5-7-13-26(21)33-29(34)28(36-30(33)32-25-11-3-2-4-12-25)19-23-10-6-8-14-27(23)35-20-22-15-17-24(31)18-16-22/h2-4,6,8,10-12,14-19,21,26H,5,7,9,13,20H2,1H3/b28-19-,32-30?/t21-,26+/m0/s1. The number of carbonyl (C=O) groups excluding carboxylic acids is 1. The highest BCUT2D eigenvalue weighted by atomic mass is 79.9. The molecule has 184 valence electrons. The lowest BCUT2D eigenvalue weighted by molar-refractivity contribution is -0.124. The van der Waals surface area contributed by atoms with Crippen LogP contribution in [0.2, 0.25) is 0 Å². The second-order valence-corrected chi connectivity index (χ2v) is 11.2. The molecule has 3 aromatic rings. The van der Waals surface area contributed by atoms with Gasteiger partial charge >= 0.3 is 0 Å². The summed E-state index contributed by atoms with van der Waals surface area (Å²) >= 11 is 4.94. The Morgan fingerprint density at radius 3 is 2.50 bits per heavy atom. The van der Waals surface area contributed by atoms with Crippen LogP contribution in [-0.2, 0) is 11.4 Å². The van der Waals surface area contributed by atoms with Crippen molar-refractivity contribution in [2.45, 2.75) is 45.3 Å². The molecular weight excluding hydrogens is 532 g/mol. The third-order valence-corrected chi connectivity index (χ3v) is 8.24. The highest BCUT2D eigenvalue weighted by Gasteiger charge is 2.41. The van der Waals surface area contributed by atoms with Gasteiger partial charge in [0.05, 0.1) is 10.6 Å². The second-order valence-electron chi connectivity index (χ2n) is 9.30. The first kappa shape index (κ1) is 24.8. The number of nitrogens with zero attached hydrogens (tertiary/aromatic N) is 2. The number of amidine groups is 1. The zero-order valence-corrected chi connectivity index (χ0v) is 22.7. The second kappa shape index (κ2) is 11.5. The van der Waals surface area contributed by atoms with Crippen molar-refractivity contribution in [3.05, 3.63) is 99.4 Å². The van der Waals surface area contributed by atoms with Gasteiger partial charge in [-0.05, 0) is 72.5 Å². The fourth-order valence-electron chi connectivity index (χ4n) is 4.76. The molecule has 6 heteroatoms. The van der Waals surface area contributed by atoms with Gasteiger partial charge in [0.25, 0.3) is 5.91 Å². The molecule has 1 heterocycles. The summed E-state index contributed by atoms with van der Waals surface area (Å²) in [6, 6.07) is 26.0. The number of amides is 1. The van der Waals surface area contributed by atoms with E-state index in [0.29, 0.717) is 17.4 Å². The molecule has 3 aromatic carbocycles. The first-order valence-corrected chi connectivity index (χ1v) is 14.0. The maximum absolute atomic E-state index is 13.8. The van der Waals surface area contributed by atoms with Crippen LogP contribution in [0.15, 0.2) is 93.2 Å². The number of ether oxygens (including phenoxy) is 1. The Labute approximate surface area is 225 Å². The largest absolute Gasteiger partial charge is 0.488 e. The molecule has 2 atom stereocenters. The SMILES string of the molecule is C[C@H]1CCCC[C@H]1N1C(=O)/C(=C/c2ccccc2OCc2ccc(Br)cc2)SC1=Nc1ccccc1. The number of rotatable bonds is 6. The predicted octanol–water partition coefficient (Wildman–Crippen LogP) is 8.21. The Kier molecular flexibility index (Phi) is 7.93. The van der Waals surface area contributed by atoms with Crippen molar-refractivity contribution in [2.24, 2.45) is 10.9 Å². The van der Waals surface area contributed by atoms with E-state index < -0.39 is 0 Å². The van der Waals surface area contributed by atoms with Gasteiger partial charge in [-0.1, -0.05) is 84.2 Å². The van der Waals surface area contributed by atoms with Gasteiger partial charge in [-0.3, -0.25) is 9.69 Å². The van der Waals surface area contributed by atoms with Crippen LogP contribution in [0.1, 0.15) is 43.7 Å². The van der Waals surface area contributed by atoms with E-state index in [1.54, 1.807) is 0 Å². The summed E-state index contributed by atoms with van der Waals surface area (Å²) in [6.07, 6.45) is 6.49. The molecule has 0 unspecified atom stereocenters. The smallest absolute Gasteiger partial charge is 0.267 e. The molecule has 1 saturated heterocycles. The maximum Gasteiger partial charge on any atom is 0.267 e. The lowest BCUT2D eigenvalue weighted by Crippen LogP contribution is -2.44. The summed E-state index contributed by atoms with van der Waals surface area (Å²) in [5.41, 5.74) is 2.84. The molecule has 0 N–H and O–H groups in total. The fraction of sp³-hybridized carbons (Fsp3) is 0.267. The van der Waals surface area contributed by atoms with Crippen molar-refractivity contribution in [3.8, 4) is 5.75 Å². The Balaban J connectivity index is 1.44. The van der Waals surface area contributed by atoms with E-state index in [1.807, 2.05) is 89.8 Å². The van der Waals surface area contributed by atoms with Crippen molar-refractivity contribution < 1.29 is 9.53 Å². The molecule has 1 aliphatic heterocycles. The molecule has 0 bridgehead atoms. The average Bonchev–Trinajstić information content (AvgIpc) is 3.19. The number of benzene rings is 3. The van der Waals surface area contributed by atoms with E-state index in [-0.39, 0.29) is 11.9 Å². The molecule has 1 amide bonds. The van der Waals surface area contributed by atoms with Crippen LogP contribution in [0.3, 0.4) is 0 Å². The molecule has 2 fully saturated rings. The quantitative estimate of drug-likeness (QED) is 0.285. The van der Waals surface area contributed by atoms with Crippen LogP contribution < -0.4 is 4.74 Å². The maximum atomic E-state index is 13.8. The normalized spacial score (nSPS) is 22.4. The summed E-state index contributed by atoms with van der Waals surface area (Å²) in [4.78, 5) is 21.3. The zero-order valence-electron chi connectivity index (χ0n) is 20.3. The summed E-state index contributed by atoms with van der Waals surface area (Å²) < 4.78 is 7.21. The van der Waals surface area contributed by atoms with Crippen LogP contribution in [0.25, 0.3) is 6.08 Å². The monoisotopic (exact) mass is 560 g/mol. The van der Waals surface area contributed by atoms with Crippen LogP contribution in [-0.4, -0.2) is 22.0 Å². The lowest BCUT2D eigenvalue weighted by atomic mass is 9.85. The van der Waals surface area contributed by atoms with Crippen molar-refractivity contribution in [3.63, 3.8) is 0 Å². The fourth-order valence-corrected chi connectivity index (χ4v) is 6.06. The van der Waals surface area contributed by atoms with Gasteiger partial charge in [0.15, 0.2) is 5.17 Å². The zero-order chi connectivity index (χ0) is 24.9. The minimum Gasteiger partial charge on any atom is -0.488 e. The Morgan fingerprint density at radius 1 is 1.00 bits per heavy atom. The number of hydrogen-bond acceptors (Lipinski definition) is 4. The highest BCUT2D eigenvalue weighted by Crippen LogP contribution is 2.40. The molecular formula is C30H29BrN2O2S. The van der Waals surface area contributed by atoms with Crippen LogP contribution in [0.4, 0.5) is 5.69 Å². The van der Waals surface area contributed by atoms with Crippen LogP contribution in [0, 0.1) is 5.92 Å². The topological polar surface area (TPSA) is 41.9 Å². The van der Waals surface area contributed by atoms with Gasteiger partial charge in [-0.25, -0.2) is 4.99 Å². The molecule has 5 rings (SSSR count). The van der Waals surface area contributed by atoms with E-state index in [2.05, 4.69) is 22.9 Å². The summed E-state index contributed by atoms with van der Waals surface area (Å²) in [6.45, 7) is 2.72. The molecule has 0 radical (unpaired) electrons. The molecule has 0 aromatic heterocycles. The van der Waals surface area contributed by atoms with E-state index in [0.717, 1.165) is 51.5 Å².